The predicted molar refractivity (Wildman–Crippen MR) is 172 cm³/mol. The summed E-state index contributed by atoms with van der Waals surface area (Å²) < 4.78 is 37.3. The molecule has 0 fully saturated rings. The first-order valence-electron chi connectivity index (χ1n) is 14.0. The summed E-state index contributed by atoms with van der Waals surface area (Å²) in [6.07, 6.45) is 13.6. The van der Waals surface area contributed by atoms with E-state index >= 15 is 9.13 Å². The van der Waals surface area contributed by atoms with Crippen LogP contribution in [0, 0.1) is 0 Å². The van der Waals surface area contributed by atoms with Crippen LogP contribution in [0.1, 0.15) is 25.7 Å². The topological polar surface area (TPSA) is 43.4 Å². The Labute approximate surface area is 242 Å². The van der Waals surface area contributed by atoms with Crippen molar-refractivity contribution in [3.63, 3.8) is 0 Å². The second kappa shape index (κ2) is 11.9. The molecule has 0 amide bonds. The van der Waals surface area contributed by atoms with Crippen molar-refractivity contribution in [3.05, 3.63) is 162 Å². The lowest BCUT2D eigenvalue weighted by Crippen LogP contribution is -2.22. The van der Waals surface area contributed by atoms with Crippen LogP contribution in [0.15, 0.2) is 162 Å². The van der Waals surface area contributed by atoms with Crippen LogP contribution in [-0.4, -0.2) is 0 Å². The van der Waals surface area contributed by atoms with Crippen molar-refractivity contribution < 1.29 is 13.9 Å². The average Bonchev–Trinajstić information content (AvgIpc) is 3.06. The van der Waals surface area contributed by atoms with E-state index in [-0.39, 0.29) is 0 Å². The highest BCUT2D eigenvalue weighted by Gasteiger charge is 2.38. The Morgan fingerprint density at radius 2 is 1.02 bits per heavy atom. The first-order chi connectivity index (χ1) is 20.1. The van der Waals surface area contributed by atoms with E-state index in [1.54, 1.807) is 0 Å². The minimum absolute atomic E-state index is 0.520. The van der Waals surface area contributed by atoms with Crippen molar-refractivity contribution in [2.45, 2.75) is 25.7 Å². The molecular weight excluding hydrogens is 542 g/mol. The SMILES string of the molecule is O=P(C1=CCCC=C1Oc1ccccc1P(=O)(C1=CCCC=C1)c1ccccc1)(c1ccccc1)c1ccccc1. The van der Waals surface area contributed by atoms with Gasteiger partial charge in [0, 0.05) is 21.2 Å². The van der Waals surface area contributed by atoms with E-state index in [2.05, 4.69) is 18.2 Å². The summed E-state index contributed by atoms with van der Waals surface area (Å²) in [6.45, 7) is 0. The molecule has 0 heterocycles. The fraction of sp³-hybridized carbons (Fsp3) is 0.111. The smallest absolute Gasteiger partial charge is 0.174 e. The van der Waals surface area contributed by atoms with E-state index in [1.807, 2.05) is 127 Å². The molecule has 1 unspecified atom stereocenters. The molecule has 4 aromatic rings. The molecule has 3 nitrogen and oxygen atoms in total. The largest absolute Gasteiger partial charge is 0.456 e. The van der Waals surface area contributed by atoms with Gasteiger partial charge >= 0.3 is 0 Å². The predicted octanol–water partition coefficient (Wildman–Crippen LogP) is 8.19. The van der Waals surface area contributed by atoms with E-state index in [0.29, 0.717) is 22.1 Å². The quantitative estimate of drug-likeness (QED) is 0.199. The van der Waals surface area contributed by atoms with Gasteiger partial charge in [-0.15, -0.1) is 0 Å². The highest BCUT2D eigenvalue weighted by molar-refractivity contribution is 7.83. The van der Waals surface area contributed by atoms with Crippen molar-refractivity contribution in [1.29, 1.82) is 0 Å². The summed E-state index contributed by atoms with van der Waals surface area (Å²) in [5, 5.41) is 4.43. The summed E-state index contributed by atoms with van der Waals surface area (Å²) >= 11 is 0. The van der Waals surface area contributed by atoms with Gasteiger partial charge in [0.2, 0.25) is 0 Å². The third-order valence-electron chi connectivity index (χ3n) is 7.55. The van der Waals surface area contributed by atoms with Gasteiger partial charge < -0.3 is 13.9 Å². The fourth-order valence-corrected chi connectivity index (χ4v) is 11.3. The third-order valence-corrected chi connectivity index (χ3v) is 13.8. The molecule has 4 aromatic carbocycles. The molecule has 2 aliphatic rings. The average molecular weight is 575 g/mol. The molecule has 0 N–H and O–H groups in total. The highest BCUT2D eigenvalue weighted by atomic mass is 31.2. The lowest BCUT2D eigenvalue weighted by Gasteiger charge is -2.28. The number of hydrogen-bond donors (Lipinski definition) is 0. The molecule has 1 atom stereocenters. The van der Waals surface area contributed by atoms with Gasteiger partial charge in [0.15, 0.2) is 14.3 Å². The lowest BCUT2D eigenvalue weighted by molar-refractivity contribution is 0.438. The molecule has 0 bridgehead atoms. The number of para-hydroxylation sites is 1. The Balaban J connectivity index is 1.48. The number of benzene rings is 4. The maximum atomic E-state index is 15.3. The molecule has 5 heteroatoms. The van der Waals surface area contributed by atoms with Crippen LogP contribution < -0.4 is 26.0 Å². The summed E-state index contributed by atoms with van der Waals surface area (Å²) in [7, 11) is -6.50. The fourth-order valence-electron chi connectivity index (χ4n) is 5.54. The van der Waals surface area contributed by atoms with E-state index < -0.39 is 14.3 Å². The molecule has 0 spiro atoms. The first kappa shape index (κ1) is 27.3. The number of hydrogen-bond acceptors (Lipinski definition) is 3. The lowest BCUT2D eigenvalue weighted by atomic mass is 10.2. The van der Waals surface area contributed by atoms with Crippen molar-refractivity contribution in [3.8, 4) is 5.75 Å². The molecule has 0 aliphatic heterocycles. The van der Waals surface area contributed by atoms with Gasteiger partial charge in [-0.1, -0.05) is 127 Å². The summed E-state index contributed by atoms with van der Waals surface area (Å²) in [4.78, 5) is 0. The third kappa shape index (κ3) is 5.17. The highest BCUT2D eigenvalue weighted by Crippen LogP contribution is 2.58. The van der Waals surface area contributed by atoms with Crippen molar-refractivity contribution in [2.24, 2.45) is 0 Å². The molecule has 6 rings (SSSR count). The van der Waals surface area contributed by atoms with Crippen LogP contribution in [0.4, 0.5) is 0 Å². The van der Waals surface area contributed by atoms with E-state index in [1.165, 1.54) is 0 Å². The van der Waals surface area contributed by atoms with Crippen LogP contribution in [0.2, 0.25) is 0 Å². The Morgan fingerprint density at radius 3 is 1.61 bits per heavy atom. The zero-order chi connectivity index (χ0) is 28.1. The van der Waals surface area contributed by atoms with E-state index in [9.17, 15) is 0 Å². The molecule has 0 aromatic heterocycles. The van der Waals surface area contributed by atoms with Gasteiger partial charge in [-0.05, 0) is 43.9 Å². The Kier molecular flexibility index (Phi) is 7.93. The number of allylic oxidation sites excluding steroid dienone is 7. The minimum Gasteiger partial charge on any atom is -0.456 e. The number of rotatable bonds is 8. The van der Waals surface area contributed by atoms with Crippen LogP contribution in [0.3, 0.4) is 0 Å². The Bertz CT molecular complexity index is 1710. The zero-order valence-electron chi connectivity index (χ0n) is 22.8. The standard InChI is InChI=1S/C36H32O3P2/c37-40(29-17-5-1-6-18-29,30-19-7-2-8-20-30)35-27-15-13-25-33(35)39-34-26-14-16-28-36(34)41(38,31-21-9-3-10-22-31)32-23-11-4-12-24-32/h1-3,5-11,14,16-28H,4,12-13,15H2. The molecule has 41 heavy (non-hydrogen) atoms. The van der Waals surface area contributed by atoms with Crippen molar-refractivity contribution in [2.75, 3.05) is 0 Å². The molecule has 204 valence electrons. The van der Waals surface area contributed by atoms with Crippen LogP contribution >= 0.6 is 14.3 Å². The van der Waals surface area contributed by atoms with E-state index in [4.69, 9.17) is 4.74 Å². The first-order valence-corrected chi connectivity index (χ1v) is 17.5. The molecule has 2 aliphatic carbocycles. The van der Waals surface area contributed by atoms with Gasteiger partial charge in [-0.3, -0.25) is 0 Å². The van der Waals surface area contributed by atoms with Crippen molar-refractivity contribution in [1.82, 2.24) is 0 Å². The molecular formula is C36H32O3P2. The maximum absolute atomic E-state index is 15.3. The zero-order valence-corrected chi connectivity index (χ0v) is 24.6. The van der Waals surface area contributed by atoms with E-state index in [0.717, 1.165) is 46.9 Å². The second-order valence-electron chi connectivity index (χ2n) is 10.1. The van der Waals surface area contributed by atoms with Crippen LogP contribution in [0.5, 0.6) is 5.75 Å². The molecule has 0 radical (unpaired) electrons. The van der Waals surface area contributed by atoms with Gasteiger partial charge in [0.05, 0.1) is 10.6 Å². The Hall–Kier alpha value is -3.90. The van der Waals surface area contributed by atoms with Gasteiger partial charge in [0.25, 0.3) is 0 Å². The minimum atomic E-state index is -3.26. The van der Waals surface area contributed by atoms with Gasteiger partial charge in [-0.2, -0.15) is 0 Å². The normalized spacial score (nSPS) is 16.6. The van der Waals surface area contributed by atoms with Crippen LogP contribution in [0.25, 0.3) is 0 Å². The van der Waals surface area contributed by atoms with Gasteiger partial charge in [0.1, 0.15) is 11.5 Å². The number of ether oxygens (including phenoxy) is 1. The summed E-state index contributed by atoms with van der Waals surface area (Å²) in [5.41, 5.74) is 0. The monoisotopic (exact) mass is 574 g/mol. The summed E-state index contributed by atoms with van der Waals surface area (Å²) in [6, 6.07) is 36.6. The van der Waals surface area contributed by atoms with Gasteiger partial charge in [-0.25, -0.2) is 0 Å². The Morgan fingerprint density at radius 1 is 0.512 bits per heavy atom. The maximum Gasteiger partial charge on any atom is 0.174 e. The van der Waals surface area contributed by atoms with Crippen molar-refractivity contribution >= 4 is 35.5 Å². The van der Waals surface area contributed by atoms with Crippen LogP contribution in [-0.2, 0) is 9.13 Å². The molecule has 0 saturated carbocycles. The second-order valence-corrected chi connectivity index (χ2v) is 15.6. The summed E-state index contributed by atoms with van der Waals surface area (Å²) in [5.74, 6) is 1.08. The molecule has 0 saturated heterocycles.